The first-order chi connectivity index (χ1) is 7.63. The van der Waals surface area contributed by atoms with Crippen LogP contribution in [0.3, 0.4) is 0 Å². The van der Waals surface area contributed by atoms with Gasteiger partial charge in [-0.2, -0.15) is 0 Å². The summed E-state index contributed by atoms with van der Waals surface area (Å²) in [6.07, 6.45) is 5.92. The number of hydrogen-bond donors (Lipinski definition) is 0. The van der Waals surface area contributed by atoms with Crippen molar-refractivity contribution in [3.8, 4) is 0 Å². The van der Waals surface area contributed by atoms with Crippen molar-refractivity contribution < 1.29 is 19.1 Å². The molecule has 2 saturated heterocycles. The zero-order valence-corrected chi connectivity index (χ0v) is 9.66. The van der Waals surface area contributed by atoms with Crippen LogP contribution in [0.4, 0.5) is 0 Å². The molecule has 2 fully saturated rings. The standard InChI is InChI=1S/C12H18O4/c1-2-3-4-5-12(8-11(14)16-12)7-9-6-10(13)15-9/h9H,2-8H2,1H3. The molecule has 2 aliphatic rings. The van der Waals surface area contributed by atoms with E-state index in [4.69, 9.17) is 9.47 Å². The van der Waals surface area contributed by atoms with Crippen molar-refractivity contribution >= 4 is 11.9 Å². The summed E-state index contributed by atoms with van der Waals surface area (Å²) in [5, 5.41) is 0. The molecule has 2 unspecified atom stereocenters. The van der Waals surface area contributed by atoms with E-state index in [2.05, 4.69) is 6.92 Å². The van der Waals surface area contributed by atoms with E-state index in [1.54, 1.807) is 0 Å². The summed E-state index contributed by atoms with van der Waals surface area (Å²) in [7, 11) is 0. The van der Waals surface area contributed by atoms with Crippen LogP contribution >= 0.6 is 0 Å². The first-order valence-electron chi connectivity index (χ1n) is 6.05. The third kappa shape index (κ3) is 2.36. The summed E-state index contributed by atoms with van der Waals surface area (Å²) in [5.41, 5.74) is -0.322. The number of unbranched alkanes of at least 4 members (excludes halogenated alkanes) is 2. The van der Waals surface area contributed by atoms with Gasteiger partial charge in [-0.05, 0) is 12.8 Å². The van der Waals surface area contributed by atoms with Crippen molar-refractivity contribution in [2.45, 2.75) is 63.6 Å². The number of ether oxygens (including phenoxy) is 2. The minimum absolute atomic E-state index is 0.0257. The van der Waals surface area contributed by atoms with Gasteiger partial charge in [0, 0.05) is 6.42 Å². The van der Waals surface area contributed by atoms with Crippen molar-refractivity contribution in [1.82, 2.24) is 0 Å². The minimum Gasteiger partial charge on any atom is -0.461 e. The molecule has 2 atom stereocenters. The number of esters is 2. The van der Waals surface area contributed by atoms with Crippen LogP contribution in [0.1, 0.15) is 51.9 Å². The summed E-state index contributed by atoms with van der Waals surface area (Å²) in [6, 6.07) is 0. The fourth-order valence-corrected chi connectivity index (χ4v) is 2.44. The van der Waals surface area contributed by atoms with Crippen molar-refractivity contribution in [2.75, 3.05) is 0 Å². The van der Waals surface area contributed by atoms with Crippen LogP contribution in [-0.4, -0.2) is 23.6 Å². The second-order valence-corrected chi connectivity index (χ2v) is 4.81. The molecule has 0 amide bonds. The molecule has 90 valence electrons. The van der Waals surface area contributed by atoms with Gasteiger partial charge in [-0.3, -0.25) is 9.59 Å². The van der Waals surface area contributed by atoms with Crippen LogP contribution in [0, 0.1) is 0 Å². The SMILES string of the molecule is CCCCCC1(CC2CC(=O)O2)CC(=O)O1. The fraction of sp³-hybridized carbons (Fsp3) is 0.833. The lowest BCUT2D eigenvalue weighted by Crippen LogP contribution is -2.52. The number of cyclic esters (lactones) is 2. The first-order valence-corrected chi connectivity index (χ1v) is 6.05. The Hall–Kier alpha value is -1.06. The average Bonchev–Trinajstić information content (AvgIpc) is 2.13. The number of hydrogen-bond acceptors (Lipinski definition) is 4. The van der Waals surface area contributed by atoms with Crippen molar-refractivity contribution in [3.05, 3.63) is 0 Å². The zero-order chi connectivity index (χ0) is 11.6. The predicted octanol–water partition coefficient (Wildman–Crippen LogP) is 1.96. The van der Waals surface area contributed by atoms with Gasteiger partial charge in [-0.15, -0.1) is 0 Å². The van der Waals surface area contributed by atoms with Crippen molar-refractivity contribution in [1.29, 1.82) is 0 Å². The predicted molar refractivity (Wildman–Crippen MR) is 56.7 cm³/mol. The summed E-state index contributed by atoms with van der Waals surface area (Å²) in [5.74, 6) is -0.262. The van der Waals surface area contributed by atoms with Gasteiger partial charge in [0.15, 0.2) is 0 Å². The number of carbonyl (C=O) groups is 2. The molecule has 2 heterocycles. The van der Waals surface area contributed by atoms with Gasteiger partial charge in [0.05, 0.1) is 12.8 Å². The van der Waals surface area contributed by atoms with E-state index >= 15 is 0 Å². The second kappa shape index (κ2) is 4.44. The molecule has 2 rings (SSSR count). The van der Waals surface area contributed by atoms with Gasteiger partial charge in [-0.25, -0.2) is 0 Å². The average molecular weight is 226 g/mol. The topological polar surface area (TPSA) is 52.6 Å². The van der Waals surface area contributed by atoms with Crippen LogP contribution in [0.15, 0.2) is 0 Å². The molecule has 0 N–H and O–H groups in total. The molecule has 16 heavy (non-hydrogen) atoms. The number of carbonyl (C=O) groups excluding carboxylic acids is 2. The highest BCUT2D eigenvalue weighted by molar-refractivity contribution is 5.78. The molecule has 0 spiro atoms. The normalized spacial score (nSPS) is 32.4. The van der Waals surface area contributed by atoms with Gasteiger partial charge in [0.25, 0.3) is 0 Å². The molecule has 0 aromatic carbocycles. The number of rotatable bonds is 6. The lowest BCUT2D eigenvalue weighted by Gasteiger charge is -2.44. The van der Waals surface area contributed by atoms with Crippen LogP contribution < -0.4 is 0 Å². The van der Waals surface area contributed by atoms with Crippen LogP contribution in [-0.2, 0) is 19.1 Å². The Labute approximate surface area is 95.3 Å². The molecule has 0 aromatic heterocycles. The Bertz CT molecular complexity index is 281. The van der Waals surface area contributed by atoms with Crippen molar-refractivity contribution in [3.63, 3.8) is 0 Å². The molecule has 2 aliphatic heterocycles. The minimum atomic E-state index is -0.322. The van der Waals surface area contributed by atoms with Crippen LogP contribution in [0.5, 0.6) is 0 Å². The largest absolute Gasteiger partial charge is 0.461 e. The molecular formula is C12H18O4. The quantitative estimate of drug-likeness (QED) is 0.513. The highest BCUT2D eigenvalue weighted by Gasteiger charge is 2.49. The maximum Gasteiger partial charge on any atom is 0.310 e. The van der Waals surface area contributed by atoms with E-state index in [1.165, 1.54) is 0 Å². The summed E-state index contributed by atoms with van der Waals surface area (Å²) in [4.78, 5) is 21.7. The van der Waals surface area contributed by atoms with E-state index in [9.17, 15) is 9.59 Å². The molecule has 0 saturated carbocycles. The maximum absolute atomic E-state index is 11.0. The van der Waals surface area contributed by atoms with E-state index in [0.717, 1.165) is 25.7 Å². The highest BCUT2D eigenvalue weighted by Crippen LogP contribution is 2.40. The van der Waals surface area contributed by atoms with Crippen LogP contribution in [0.25, 0.3) is 0 Å². The lowest BCUT2D eigenvalue weighted by atomic mass is 9.81. The summed E-state index contributed by atoms with van der Waals surface area (Å²) >= 11 is 0. The Morgan fingerprint density at radius 1 is 1.31 bits per heavy atom. The maximum atomic E-state index is 11.0. The highest BCUT2D eigenvalue weighted by atomic mass is 16.6. The van der Waals surface area contributed by atoms with E-state index < -0.39 is 0 Å². The summed E-state index contributed by atoms with van der Waals surface area (Å²) < 4.78 is 10.3. The fourth-order valence-electron chi connectivity index (χ4n) is 2.44. The molecule has 0 aromatic rings. The summed E-state index contributed by atoms with van der Waals surface area (Å²) in [6.45, 7) is 2.15. The first kappa shape index (κ1) is 11.4. The Balaban J connectivity index is 1.79. The van der Waals surface area contributed by atoms with Gasteiger partial charge < -0.3 is 9.47 Å². The smallest absolute Gasteiger partial charge is 0.310 e. The Kier molecular flexibility index (Phi) is 3.17. The van der Waals surface area contributed by atoms with Crippen molar-refractivity contribution in [2.24, 2.45) is 0 Å². The third-order valence-electron chi connectivity index (χ3n) is 3.32. The Morgan fingerprint density at radius 3 is 2.50 bits per heavy atom. The van der Waals surface area contributed by atoms with Gasteiger partial charge in [0.2, 0.25) is 0 Å². The van der Waals surface area contributed by atoms with E-state index in [1.807, 2.05) is 0 Å². The third-order valence-corrected chi connectivity index (χ3v) is 3.32. The molecular weight excluding hydrogens is 208 g/mol. The van der Waals surface area contributed by atoms with Crippen LogP contribution in [0.2, 0.25) is 0 Å². The molecule has 4 heteroatoms. The monoisotopic (exact) mass is 226 g/mol. The Morgan fingerprint density at radius 2 is 2.00 bits per heavy atom. The molecule has 0 aliphatic carbocycles. The zero-order valence-electron chi connectivity index (χ0n) is 9.66. The molecule has 0 bridgehead atoms. The van der Waals surface area contributed by atoms with Gasteiger partial charge in [-0.1, -0.05) is 19.8 Å². The van der Waals surface area contributed by atoms with Gasteiger partial charge >= 0.3 is 11.9 Å². The van der Waals surface area contributed by atoms with E-state index in [-0.39, 0.29) is 23.6 Å². The van der Waals surface area contributed by atoms with Gasteiger partial charge in [0.1, 0.15) is 11.7 Å². The van der Waals surface area contributed by atoms with E-state index in [0.29, 0.717) is 19.3 Å². The lowest BCUT2D eigenvalue weighted by molar-refractivity contribution is -0.206. The molecule has 4 nitrogen and oxygen atoms in total. The molecule has 0 radical (unpaired) electrons. The second-order valence-electron chi connectivity index (χ2n) is 4.81.